The summed E-state index contributed by atoms with van der Waals surface area (Å²) < 4.78 is 6.06. The van der Waals surface area contributed by atoms with Crippen molar-refractivity contribution in [2.45, 2.75) is 58.6 Å². The molecule has 20 heavy (non-hydrogen) atoms. The monoisotopic (exact) mass is 275 g/mol. The number of ether oxygens (including phenoxy) is 1. The van der Waals surface area contributed by atoms with Gasteiger partial charge in [0.1, 0.15) is 0 Å². The zero-order valence-corrected chi connectivity index (χ0v) is 13.2. The number of hydrogen-bond acceptors (Lipinski definition) is 2. The van der Waals surface area contributed by atoms with Crippen molar-refractivity contribution in [1.29, 1.82) is 0 Å². The Kier molecular flexibility index (Phi) is 6.06. The normalized spacial score (nSPS) is 17.9. The Balaban J connectivity index is 1.92. The minimum Gasteiger partial charge on any atom is -0.377 e. The summed E-state index contributed by atoms with van der Waals surface area (Å²) in [5.41, 5.74) is 2.73. The molecule has 1 aliphatic carbocycles. The molecule has 1 fully saturated rings. The van der Waals surface area contributed by atoms with Crippen molar-refractivity contribution < 1.29 is 4.74 Å². The minimum absolute atomic E-state index is 0.223. The van der Waals surface area contributed by atoms with Crippen LogP contribution in [0.3, 0.4) is 0 Å². The Morgan fingerprint density at radius 3 is 2.45 bits per heavy atom. The van der Waals surface area contributed by atoms with E-state index in [0.29, 0.717) is 6.04 Å². The third kappa shape index (κ3) is 4.60. The summed E-state index contributed by atoms with van der Waals surface area (Å²) in [6.45, 7) is 8.41. The standard InChI is InChI=1S/C18H29NO/c1-4-15-8-10-17(11-9-15)18(19-5-2)14(3)20-13-12-16-6-7-16/h8-11,14,16,18-19H,4-7,12-13H2,1-3H3. The second-order valence-electron chi connectivity index (χ2n) is 5.94. The Hall–Kier alpha value is -0.860. The quantitative estimate of drug-likeness (QED) is 0.732. The summed E-state index contributed by atoms with van der Waals surface area (Å²) in [5, 5.41) is 3.56. The summed E-state index contributed by atoms with van der Waals surface area (Å²) in [4.78, 5) is 0. The van der Waals surface area contributed by atoms with Crippen LogP contribution in [0.4, 0.5) is 0 Å². The van der Waals surface area contributed by atoms with E-state index in [0.717, 1.165) is 25.5 Å². The van der Waals surface area contributed by atoms with Gasteiger partial charge in [-0.1, -0.05) is 51.0 Å². The fourth-order valence-corrected chi connectivity index (χ4v) is 2.66. The highest BCUT2D eigenvalue weighted by Crippen LogP contribution is 2.32. The Morgan fingerprint density at radius 1 is 1.20 bits per heavy atom. The largest absolute Gasteiger partial charge is 0.377 e. The number of likely N-dealkylation sites (N-methyl/N-ethyl adjacent to an activating group) is 1. The molecule has 2 nitrogen and oxygen atoms in total. The summed E-state index contributed by atoms with van der Waals surface area (Å²) in [6, 6.07) is 9.25. The predicted octanol–water partition coefficient (Wildman–Crippen LogP) is 4.10. The van der Waals surface area contributed by atoms with E-state index < -0.39 is 0 Å². The number of hydrogen-bond donors (Lipinski definition) is 1. The lowest BCUT2D eigenvalue weighted by Gasteiger charge is -2.26. The van der Waals surface area contributed by atoms with Gasteiger partial charge in [-0.2, -0.15) is 0 Å². The summed E-state index contributed by atoms with van der Waals surface area (Å²) >= 11 is 0. The number of aryl methyl sites for hydroxylation is 1. The van der Waals surface area contributed by atoms with Crippen LogP contribution >= 0.6 is 0 Å². The van der Waals surface area contributed by atoms with Crippen molar-refractivity contribution in [3.63, 3.8) is 0 Å². The molecule has 0 saturated heterocycles. The second-order valence-corrected chi connectivity index (χ2v) is 5.94. The first-order valence-electron chi connectivity index (χ1n) is 8.18. The lowest BCUT2D eigenvalue weighted by atomic mass is 10.00. The highest BCUT2D eigenvalue weighted by Gasteiger charge is 2.23. The molecule has 1 aromatic carbocycles. The van der Waals surface area contributed by atoms with Gasteiger partial charge in [0.15, 0.2) is 0 Å². The van der Waals surface area contributed by atoms with Gasteiger partial charge in [0.2, 0.25) is 0 Å². The van der Waals surface area contributed by atoms with Gasteiger partial charge in [-0.25, -0.2) is 0 Å². The molecule has 0 heterocycles. The molecule has 0 bridgehead atoms. The van der Waals surface area contributed by atoms with Gasteiger partial charge in [0, 0.05) is 6.61 Å². The molecule has 2 atom stereocenters. The number of rotatable bonds is 9. The molecular formula is C18H29NO. The smallest absolute Gasteiger partial charge is 0.0741 e. The molecule has 1 aromatic rings. The predicted molar refractivity (Wildman–Crippen MR) is 85.0 cm³/mol. The van der Waals surface area contributed by atoms with Crippen molar-refractivity contribution in [2.24, 2.45) is 5.92 Å². The van der Waals surface area contributed by atoms with E-state index in [4.69, 9.17) is 4.74 Å². The first-order chi connectivity index (χ1) is 9.74. The van der Waals surface area contributed by atoms with E-state index in [-0.39, 0.29) is 6.10 Å². The molecule has 1 saturated carbocycles. The zero-order chi connectivity index (χ0) is 14.4. The average molecular weight is 275 g/mol. The summed E-state index contributed by atoms with van der Waals surface area (Å²) in [6.07, 6.45) is 5.37. The Labute approximate surface area is 123 Å². The molecule has 1 N–H and O–H groups in total. The molecule has 0 amide bonds. The van der Waals surface area contributed by atoms with Gasteiger partial charge in [0.25, 0.3) is 0 Å². The van der Waals surface area contributed by atoms with Gasteiger partial charge in [-0.3, -0.25) is 0 Å². The highest BCUT2D eigenvalue weighted by molar-refractivity contribution is 5.25. The van der Waals surface area contributed by atoms with Crippen molar-refractivity contribution in [2.75, 3.05) is 13.2 Å². The van der Waals surface area contributed by atoms with Gasteiger partial charge in [0.05, 0.1) is 12.1 Å². The van der Waals surface area contributed by atoms with E-state index >= 15 is 0 Å². The van der Waals surface area contributed by atoms with Crippen molar-refractivity contribution in [3.8, 4) is 0 Å². The van der Waals surface area contributed by atoms with Crippen LogP contribution in [0.2, 0.25) is 0 Å². The summed E-state index contributed by atoms with van der Waals surface area (Å²) in [5.74, 6) is 0.948. The molecular weight excluding hydrogens is 246 g/mol. The van der Waals surface area contributed by atoms with E-state index in [9.17, 15) is 0 Å². The van der Waals surface area contributed by atoms with E-state index in [1.807, 2.05) is 0 Å². The van der Waals surface area contributed by atoms with Crippen LogP contribution in [-0.4, -0.2) is 19.3 Å². The maximum atomic E-state index is 6.06. The van der Waals surface area contributed by atoms with Crippen LogP contribution in [0.15, 0.2) is 24.3 Å². The maximum absolute atomic E-state index is 6.06. The van der Waals surface area contributed by atoms with Gasteiger partial charge in [-0.05, 0) is 43.4 Å². The fraction of sp³-hybridized carbons (Fsp3) is 0.667. The van der Waals surface area contributed by atoms with Crippen LogP contribution in [0, 0.1) is 5.92 Å². The average Bonchev–Trinajstić information content (AvgIpc) is 3.29. The molecule has 0 aromatic heterocycles. The zero-order valence-electron chi connectivity index (χ0n) is 13.2. The minimum atomic E-state index is 0.223. The van der Waals surface area contributed by atoms with Gasteiger partial charge in [-0.15, -0.1) is 0 Å². The third-order valence-corrected chi connectivity index (χ3v) is 4.24. The lowest BCUT2D eigenvalue weighted by molar-refractivity contribution is 0.0353. The molecule has 2 rings (SSSR count). The van der Waals surface area contributed by atoms with Crippen LogP contribution in [0.1, 0.15) is 57.2 Å². The molecule has 0 radical (unpaired) electrons. The van der Waals surface area contributed by atoms with Crippen LogP contribution in [0.25, 0.3) is 0 Å². The third-order valence-electron chi connectivity index (χ3n) is 4.24. The van der Waals surface area contributed by atoms with Crippen molar-refractivity contribution in [1.82, 2.24) is 5.32 Å². The first kappa shape index (κ1) is 15.5. The SMILES string of the molecule is CCNC(c1ccc(CC)cc1)C(C)OCCC1CC1. The maximum Gasteiger partial charge on any atom is 0.0741 e. The lowest BCUT2D eigenvalue weighted by Crippen LogP contribution is -2.32. The van der Waals surface area contributed by atoms with E-state index in [1.165, 1.54) is 30.4 Å². The van der Waals surface area contributed by atoms with E-state index in [1.54, 1.807) is 0 Å². The molecule has 1 aliphatic rings. The van der Waals surface area contributed by atoms with Gasteiger partial charge < -0.3 is 10.1 Å². The molecule has 2 unspecified atom stereocenters. The fourth-order valence-electron chi connectivity index (χ4n) is 2.66. The van der Waals surface area contributed by atoms with Crippen LogP contribution in [-0.2, 0) is 11.2 Å². The van der Waals surface area contributed by atoms with Crippen LogP contribution in [0.5, 0.6) is 0 Å². The molecule has 2 heteroatoms. The Morgan fingerprint density at radius 2 is 1.90 bits per heavy atom. The van der Waals surface area contributed by atoms with Crippen LogP contribution < -0.4 is 5.32 Å². The van der Waals surface area contributed by atoms with E-state index in [2.05, 4.69) is 50.4 Å². The second kappa shape index (κ2) is 7.80. The van der Waals surface area contributed by atoms with Crippen molar-refractivity contribution in [3.05, 3.63) is 35.4 Å². The molecule has 0 aliphatic heterocycles. The highest BCUT2D eigenvalue weighted by atomic mass is 16.5. The summed E-state index contributed by atoms with van der Waals surface area (Å²) in [7, 11) is 0. The topological polar surface area (TPSA) is 21.3 Å². The first-order valence-corrected chi connectivity index (χ1v) is 8.18. The molecule has 0 spiro atoms. The van der Waals surface area contributed by atoms with Crippen molar-refractivity contribution >= 4 is 0 Å². The Bertz CT molecular complexity index is 383. The number of benzene rings is 1. The molecule has 112 valence electrons. The van der Waals surface area contributed by atoms with Gasteiger partial charge >= 0.3 is 0 Å². The number of nitrogens with one attached hydrogen (secondary N) is 1.